The van der Waals surface area contributed by atoms with E-state index in [0.717, 1.165) is 39.1 Å². The summed E-state index contributed by atoms with van der Waals surface area (Å²) in [7, 11) is 0. The number of carbonyl (C=O) groups excluding carboxylic acids is 1. The Bertz CT molecular complexity index is 772. The Hall–Kier alpha value is -2.13. The monoisotopic (exact) mass is 378 g/mol. The molecule has 0 aromatic heterocycles. The van der Waals surface area contributed by atoms with Gasteiger partial charge in [-0.1, -0.05) is 55.5 Å². The summed E-state index contributed by atoms with van der Waals surface area (Å²) >= 11 is 0. The summed E-state index contributed by atoms with van der Waals surface area (Å²) in [5.41, 5.74) is 5.61. The quantitative estimate of drug-likeness (QED) is 0.787. The minimum absolute atomic E-state index is 0.235. The van der Waals surface area contributed by atoms with Crippen LogP contribution < -0.4 is 0 Å². The lowest BCUT2D eigenvalue weighted by Gasteiger charge is -2.20. The second-order valence-corrected chi connectivity index (χ2v) is 8.40. The fourth-order valence-electron chi connectivity index (χ4n) is 4.34. The second kappa shape index (κ2) is 9.38. The molecule has 0 N–H and O–H groups in total. The normalized spacial score (nSPS) is 21.2. The molecule has 28 heavy (non-hydrogen) atoms. The molecule has 2 fully saturated rings. The van der Waals surface area contributed by atoms with Crippen molar-refractivity contribution in [1.82, 2.24) is 9.80 Å². The first kappa shape index (κ1) is 20.6. The van der Waals surface area contributed by atoms with Crippen LogP contribution in [0.2, 0.25) is 0 Å². The van der Waals surface area contributed by atoms with Crippen molar-refractivity contribution < 1.29 is 4.79 Å². The third-order valence-corrected chi connectivity index (χ3v) is 6.24. The number of fused-ring (bicyclic) bond motifs is 1. The Morgan fingerprint density at radius 3 is 2.07 bits per heavy atom. The number of rotatable bonds is 3. The molecule has 2 aliphatic heterocycles. The van der Waals surface area contributed by atoms with E-state index in [0.29, 0.717) is 11.8 Å². The van der Waals surface area contributed by atoms with Gasteiger partial charge in [0.05, 0.1) is 0 Å². The average Bonchev–Trinajstić information content (AvgIpc) is 3.24. The Morgan fingerprint density at radius 2 is 1.54 bits per heavy atom. The van der Waals surface area contributed by atoms with E-state index in [1.807, 2.05) is 4.90 Å². The molecule has 2 aromatic carbocycles. The third kappa shape index (κ3) is 5.23. The van der Waals surface area contributed by atoms with E-state index in [1.54, 1.807) is 6.92 Å². The van der Waals surface area contributed by atoms with Crippen LogP contribution in [0.15, 0.2) is 48.5 Å². The maximum Gasteiger partial charge on any atom is 0.219 e. The first-order valence-corrected chi connectivity index (χ1v) is 10.5. The molecule has 2 aromatic rings. The first-order valence-electron chi connectivity index (χ1n) is 10.5. The summed E-state index contributed by atoms with van der Waals surface area (Å²) in [5.74, 6) is 1.62. The third-order valence-electron chi connectivity index (χ3n) is 6.24. The van der Waals surface area contributed by atoms with Crippen LogP contribution in [-0.2, 0) is 17.8 Å². The molecule has 2 unspecified atom stereocenters. The molecular weight excluding hydrogens is 344 g/mol. The van der Waals surface area contributed by atoms with Crippen LogP contribution >= 0.6 is 0 Å². The van der Waals surface area contributed by atoms with Gasteiger partial charge in [-0.3, -0.25) is 9.69 Å². The van der Waals surface area contributed by atoms with Gasteiger partial charge in [0.1, 0.15) is 0 Å². The number of hydrogen-bond acceptors (Lipinski definition) is 2. The predicted octanol–water partition coefficient (Wildman–Crippen LogP) is 4.46. The molecule has 3 nitrogen and oxygen atoms in total. The molecule has 2 aliphatic rings. The highest BCUT2D eigenvalue weighted by Gasteiger charge is 2.40. The molecule has 0 aliphatic carbocycles. The molecule has 0 radical (unpaired) electrons. The second-order valence-electron chi connectivity index (χ2n) is 8.40. The van der Waals surface area contributed by atoms with Crippen molar-refractivity contribution >= 4 is 5.91 Å². The van der Waals surface area contributed by atoms with Crippen molar-refractivity contribution in [3.8, 4) is 0 Å². The number of nitrogens with zero attached hydrogens (tertiary/aromatic N) is 2. The van der Waals surface area contributed by atoms with E-state index in [1.165, 1.54) is 22.3 Å². The molecule has 0 bridgehead atoms. The van der Waals surface area contributed by atoms with Crippen LogP contribution in [0, 0.1) is 25.7 Å². The van der Waals surface area contributed by atoms with Crippen molar-refractivity contribution in [2.24, 2.45) is 11.8 Å². The van der Waals surface area contributed by atoms with E-state index in [9.17, 15) is 4.79 Å². The molecule has 0 spiro atoms. The number of likely N-dealkylation sites (tertiary alicyclic amines) is 2. The van der Waals surface area contributed by atoms with Gasteiger partial charge in [-0.05, 0) is 54.4 Å². The van der Waals surface area contributed by atoms with Gasteiger partial charge in [-0.25, -0.2) is 0 Å². The van der Waals surface area contributed by atoms with Crippen LogP contribution in [0.1, 0.15) is 36.1 Å². The van der Waals surface area contributed by atoms with E-state index in [-0.39, 0.29) is 5.91 Å². The van der Waals surface area contributed by atoms with Crippen molar-refractivity contribution in [2.45, 2.75) is 40.7 Å². The van der Waals surface area contributed by atoms with E-state index in [4.69, 9.17) is 0 Å². The molecule has 2 saturated heterocycles. The number of amides is 1. The van der Waals surface area contributed by atoms with Gasteiger partial charge in [0.15, 0.2) is 0 Å². The summed E-state index contributed by atoms with van der Waals surface area (Å²) in [6.07, 6.45) is 1.14. The van der Waals surface area contributed by atoms with E-state index in [2.05, 4.69) is 74.2 Å². The van der Waals surface area contributed by atoms with Crippen molar-refractivity contribution in [1.29, 1.82) is 0 Å². The average molecular weight is 379 g/mol. The molecule has 0 saturated carbocycles. The molecule has 3 heteroatoms. The van der Waals surface area contributed by atoms with Crippen molar-refractivity contribution in [2.75, 3.05) is 26.2 Å². The Labute approximate surface area is 170 Å². The SMILES string of the molecule is CC(=O)N1CC2CN(Cc3ccccc3)CC2C1.CCc1ccc(C)c(C)c1. The Balaban J connectivity index is 0.000000192. The lowest BCUT2D eigenvalue weighted by atomic mass is 10.0. The maximum atomic E-state index is 11.4. The first-order chi connectivity index (χ1) is 13.5. The topological polar surface area (TPSA) is 23.6 Å². The minimum Gasteiger partial charge on any atom is -0.342 e. The zero-order valence-corrected chi connectivity index (χ0v) is 17.8. The number of hydrogen-bond donors (Lipinski definition) is 0. The van der Waals surface area contributed by atoms with Crippen molar-refractivity contribution in [3.05, 3.63) is 70.8 Å². The van der Waals surface area contributed by atoms with Gasteiger partial charge in [0, 0.05) is 39.6 Å². The minimum atomic E-state index is 0.235. The van der Waals surface area contributed by atoms with Crippen molar-refractivity contribution in [3.63, 3.8) is 0 Å². The molecule has 1 amide bonds. The predicted molar refractivity (Wildman–Crippen MR) is 116 cm³/mol. The largest absolute Gasteiger partial charge is 0.342 e. The lowest BCUT2D eigenvalue weighted by molar-refractivity contribution is -0.128. The maximum absolute atomic E-state index is 11.4. The number of benzene rings is 2. The smallest absolute Gasteiger partial charge is 0.219 e. The fraction of sp³-hybridized carbons (Fsp3) is 0.480. The highest BCUT2D eigenvalue weighted by atomic mass is 16.2. The zero-order valence-electron chi connectivity index (χ0n) is 17.8. The van der Waals surface area contributed by atoms with Gasteiger partial charge < -0.3 is 4.90 Å². The Morgan fingerprint density at radius 1 is 0.893 bits per heavy atom. The molecule has 4 rings (SSSR count). The molecule has 150 valence electrons. The summed E-state index contributed by atoms with van der Waals surface area (Å²) in [6, 6.07) is 17.3. The molecule has 2 atom stereocenters. The highest BCUT2D eigenvalue weighted by molar-refractivity contribution is 5.73. The number of carbonyl (C=O) groups is 1. The fourth-order valence-corrected chi connectivity index (χ4v) is 4.34. The molecular formula is C25H34N2O. The van der Waals surface area contributed by atoms with Gasteiger partial charge in [-0.2, -0.15) is 0 Å². The van der Waals surface area contributed by atoms with E-state index < -0.39 is 0 Å². The van der Waals surface area contributed by atoms with Crippen LogP contribution in [-0.4, -0.2) is 41.9 Å². The zero-order chi connectivity index (χ0) is 20.1. The Kier molecular flexibility index (Phi) is 6.90. The van der Waals surface area contributed by atoms with Crippen LogP contribution in [0.5, 0.6) is 0 Å². The standard InChI is InChI=1S/C15H20N2O.C10H14/c1-12(18)17-10-14-8-16(9-15(14)11-17)7-13-5-3-2-4-6-13;1-4-10-6-5-8(2)9(3)7-10/h2-6,14-15H,7-11H2,1H3;5-7H,4H2,1-3H3. The van der Waals surface area contributed by atoms with Crippen LogP contribution in [0.25, 0.3) is 0 Å². The lowest BCUT2D eigenvalue weighted by Crippen LogP contribution is -2.31. The van der Waals surface area contributed by atoms with Gasteiger partial charge in [0.25, 0.3) is 0 Å². The highest BCUT2D eigenvalue weighted by Crippen LogP contribution is 2.31. The molecule has 2 heterocycles. The van der Waals surface area contributed by atoms with Gasteiger partial charge in [-0.15, -0.1) is 0 Å². The van der Waals surface area contributed by atoms with Crippen LogP contribution in [0.3, 0.4) is 0 Å². The summed E-state index contributed by atoms with van der Waals surface area (Å²) in [4.78, 5) is 15.9. The number of aryl methyl sites for hydroxylation is 3. The summed E-state index contributed by atoms with van der Waals surface area (Å²) in [5, 5.41) is 0. The summed E-state index contributed by atoms with van der Waals surface area (Å²) in [6.45, 7) is 13.4. The van der Waals surface area contributed by atoms with Gasteiger partial charge >= 0.3 is 0 Å². The van der Waals surface area contributed by atoms with E-state index >= 15 is 0 Å². The summed E-state index contributed by atoms with van der Waals surface area (Å²) < 4.78 is 0. The van der Waals surface area contributed by atoms with Crippen LogP contribution in [0.4, 0.5) is 0 Å². The van der Waals surface area contributed by atoms with Gasteiger partial charge in [0.2, 0.25) is 5.91 Å².